The van der Waals surface area contributed by atoms with Crippen molar-refractivity contribution < 1.29 is 12.8 Å². The molecule has 96 valence electrons. The molecule has 0 atom stereocenters. The van der Waals surface area contributed by atoms with Crippen molar-refractivity contribution in [2.24, 2.45) is 0 Å². The van der Waals surface area contributed by atoms with Crippen LogP contribution in [-0.4, -0.2) is 24.9 Å². The first kappa shape index (κ1) is 12.6. The lowest BCUT2D eigenvalue weighted by atomic mass is 10.3. The second kappa shape index (κ2) is 4.77. The van der Waals surface area contributed by atoms with Gasteiger partial charge in [-0.05, 0) is 24.3 Å². The van der Waals surface area contributed by atoms with Gasteiger partial charge in [0.2, 0.25) is 0 Å². The van der Waals surface area contributed by atoms with Gasteiger partial charge in [0.15, 0.2) is 9.84 Å². The molecule has 2 aromatic rings. The SMILES string of the molecule is CS(=O)(=O)c1ccc(F)c(NCc2ccn[nH]2)c1. The van der Waals surface area contributed by atoms with Gasteiger partial charge in [-0.25, -0.2) is 12.8 Å². The van der Waals surface area contributed by atoms with E-state index in [-0.39, 0.29) is 10.6 Å². The molecule has 0 aliphatic carbocycles. The van der Waals surface area contributed by atoms with Gasteiger partial charge in [-0.2, -0.15) is 5.10 Å². The molecule has 0 aliphatic rings. The molecule has 0 unspecified atom stereocenters. The van der Waals surface area contributed by atoms with Crippen molar-refractivity contribution in [3.8, 4) is 0 Å². The maximum absolute atomic E-state index is 13.5. The molecular weight excluding hydrogens is 257 g/mol. The smallest absolute Gasteiger partial charge is 0.175 e. The zero-order chi connectivity index (χ0) is 13.2. The second-order valence-electron chi connectivity index (χ2n) is 3.85. The number of nitrogens with one attached hydrogen (secondary N) is 2. The standard InChI is InChI=1S/C11H12FN3O2S/c1-18(16,17)9-2-3-10(12)11(6-9)13-7-8-4-5-14-15-8/h2-6,13H,7H2,1H3,(H,14,15). The van der Waals surface area contributed by atoms with Crippen LogP contribution in [0.15, 0.2) is 35.4 Å². The minimum absolute atomic E-state index is 0.0796. The number of nitrogens with zero attached hydrogens (tertiary/aromatic N) is 1. The quantitative estimate of drug-likeness (QED) is 0.826. The van der Waals surface area contributed by atoms with Gasteiger partial charge in [0.1, 0.15) is 5.82 Å². The van der Waals surface area contributed by atoms with Crippen molar-refractivity contribution in [3.05, 3.63) is 42.0 Å². The van der Waals surface area contributed by atoms with Gasteiger partial charge in [-0.15, -0.1) is 0 Å². The number of benzene rings is 1. The van der Waals surface area contributed by atoms with Gasteiger partial charge in [-0.3, -0.25) is 5.10 Å². The Morgan fingerprint density at radius 3 is 2.78 bits per heavy atom. The van der Waals surface area contributed by atoms with Crippen LogP contribution in [-0.2, 0) is 16.4 Å². The number of halogens is 1. The van der Waals surface area contributed by atoms with Crippen LogP contribution in [0.1, 0.15) is 5.69 Å². The van der Waals surface area contributed by atoms with E-state index < -0.39 is 15.7 Å². The lowest BCUT2D eigenvalue weighted by Gasteiger charge is -2.08. The molecule has 7 heteroatoms. The fourth-order valence-electron chi connectivity index (χ4n) is 1.44. The Morgan fingerprint density at radius 2 is 2.17 bits per heavy atom. The molecule has 5 nitrogen and oxygen atoms in total. The molecule has 1 aromatic heterocycles. The Morgan fingerprint density at radius 1 is 1.39 bits per heavy atom. The lowest BCUT2D eigenvalue weighted by molar-refractivity contribution is 0.600. The van der Waals surface area contributed by atoms with Crippen molar-refractivity contribution in [2.75, 3.05) is 11.6 Å². The highest BCUT2D eigenvalue weighted by molar-refractivity contribution is 7.90. The van der Waals surface area contributed by atoms with E-state index in [9.17, 15) is 12.8 Å². The maximum Gasteiger partial charge on any atom is 0.175 e. The third-order valence-corrected chi connectivity index (χ3v) is 3.50. The summed E-state index contributed by atoms with van der Waals surface area (Å²) >= 11 is 0. The normalized spacial score (nSPS) is 11.4. The second-order valence-corrected chi connectivity index (χ2v) is 5.86. The fourth-order valence-corrected chi connectivity index (χ4v) is 2.09. The number of aromatic amines is 1. The lowest BCUT2D eigenvalue weighted by Crippen LogP contribution is -2.04. The van der Waals surface area contributed by atoms with Crippen molar-refractivity contribution >= 4 is 15.5 Å². The molecule has 0 bridgehead atoms. The predicted octanol–water partition coefficient (Wildman–Crippen LogP) is 1.56. The first-order valence-electron chi connectivity index (χ1n) is 5.18. The van der Waals surface area contributed by atoms with Crippen LogP contribution >= 0.6 is 0 Å². The molecule has 0 radical (unpaired) electrons. The Labute approximate surface area is 104 Å². The van der Waals surface area contributed by atoms with Crippen LogP contribution in [0.25, 0.3) is 0 Å². The highest BCUT2D eigenvalue weighted by Gasteiger charge is 2.10. The number of rotatable bonds is 4. The number of anilines is 1. The predicted molar refractivity (Wildman–Crippen MR) is 65.4 cm³/mol. The largest absolute Gasteiger partial charge is 0.377 e. The van der Waals surface area contributed by atoms with Crippen LogP contribution in [0.3, 0.4) is 0 Å². The Bertz CT molecular complexity index is 638. The summed E-state index contributed by atoms with van der Waals surface area (Å²) in [5.74, 6) is -0.498. The highest BCUT2D eigenvalue weighted by atomic mass is 32.2. The number of H-pyrrole nitrogens is 1. The van der Waals surface area contributed by atoms with Crippen molar-refractivity contribution in [3.63, 3.8) is 0 Å². The zero-order valence-electron chi connectivity index (χ0n) is 9.64. The van der Waals surface area contributed by atoms with Gasteiger partial charge in [0.05, 0.1) is 22.8 Å². The van der Waals surface area contributed by atoms with Crippen LogP contribution in [0, 0.1) is 5.82 Å². The average molecular weight is 269 g/mol. The first-order valence-corrected chi connectivity index (χ1v) is 7.08. The van der Waals surface area contributed by atoms with Gasteiger partial charge in [0, 0.05) is 12.5 Å². The van der Waals surface area contributed by atoms with E-state index in [0.717, 1.165) is 18.0 Å². The summed E-state index contributed by atoms with van der Waals surface area (Å²) < 4.78 is 36.2. The van der Waals surface area contributed by atoms with Gasteiger partial charge >= 0.3 is 0 Å². The minimum Gasteiger partial charge on any atom is -0.377 e. The van der Waals surface area contributed by atoms with E-state index in [4.69, 9.17) is 0 Å². The summed E-state index contributed by atoms with van der Waals surface area (Å²) in [6, 6.07) is 5.39. The van der Waals surface area contributed by atoms with E-state index in [1.54, 1.807) is 12.3 Å². The van der Waals surface area contributed by atoms with Crippen LogP contribution < -0.4 is 5.32 Å². The Kier molecular flexibility index (Phi) is 3.33. The Balaban J connectivity index is 2.22. The van der Waals surface area contributed by atoms with Crippen molar-refractivity contribution in [2.45, 2.75) is 11.4 Å². The summed E-state index contributed by atoms with van der Waals surface area (Å²) in [5, 5.41) is 9.29. The summed E-state index contributed by atoms with van der Waals surface area (Å²) in [7, 11) is -3.34. The van der Waals surface area contributed by atoms with E-state index in [2.05, 4.69) is 15.5 Å². The molecule has 0 spiro atoms. The molecule has 2 N–H and O–H groups in total. The molecule has 0 saturated carbocycles. The minimum atomic E-state index is -3.34. The topological polar surface area (TPSA) is 74.8 Å². The third kappa shape index (κ3) is 2.86. The average Bonchev–Trinajstić information content (AvgIpc) is 2.79. The fraction of sp³-hybridized carbons (Fsp3) is 0.182. The molecule has 18 heavy (non-hydrogen) atoms. The molecule has 1 heterocycles. The molecule has 0 amide bonds. The molecule has 0 fully saturated rings. The highest BCUT2D eigenvalue weighted by Crippen LogP contribution is 2.20. The van der Waals surface area contributed by atoms with Crippen molar-refractivity contribution in [1.82, 2.24) is 10.2 Å². The van der Waals surface area contributed by atoms with Gasteiger partial charge < -0.3 is 5.32 Å². The summed E-state index contributed by atoms with van der Waals surface area (Å²) in [5.41, 5.74) is 0.923. The van der Waals surface area contributed by atoms with Crippen LogP contribution in [0.5, 0.6) is 0 Å². The van der Waals surface area contributed by atoms with Gasteiger partial charge in [0.25, 0.3) is 0 Å². The molecule has 0 aliphatic heterocycles. The van der Waals surface area contributed by atoms with Crippen LogP contribution in [0.2, 0.25) is 0 Å². The van der Waals surface area contributed by atoms with E-state index in [1.807, 2.05) is 0 Å². The van der Waals surface area contributed by atoms with Gasteiger partial charge in [-0.1, -0.05) is 0 Å². The summed E-state index contributed by atoms with van der Waals surface area (Å²) in [4.78, 5) is 0.0796. The molecule has 0 saturated heterocycles. The zero-order valence-corrected chi connectivity index (χ0v) is 10.5. The number of hydrogen-bond donors (Lipinski definition) is 2. The summed E-state index contributed by atoms with van der Waals surface area (Å²) in [6.45, 7) is 0.337. The number of aromatic nitrogens is 2. The molecule has 1 aromatic carbocycles. The van der Waals surface area contributed by atoms with Crippen molar-refractivity contribution in [1.29, 1.82) is 0 Å². The van der Waals surface area contributed by atoms with E-state index >= 15 is 0 Å². The third-order valence-electron chi connectivity index (χ3n) is 2.39. The first-order chi connectivity index (χ1) is 8.47. The van der Waals surface area contributed by atoms with E-state index in [1.165, 1.54) is 12.1 Å². The maximum atomic E-state index is 13.5. The molecular formula is C11H12FN3O2S. The monoisotopic (exact) mass is 269 g/mol. The number of sulfone groups is 1. The summed E-state index contributed by atoms with van der Waals surface area (Å²) in [6.07, 6.45) is 2.67. The molecule has 2 rings (SSSR count). The van der Waals surface area contributed by atoms with E-state index in [0.29, 0.717) is 6.54 Å². The number of hydrogen-bond acceptors (Lipinski definition) is 4. The Hall–Kier alpha value is -1.89. The van der Waals surface area contributed by atoms with Crippen LogP contribution in [0.4, 0.5) is 10.1 Å².